The Balaban J connectivity index is 1.47. The Morgan fingerprint density at radius 3 is 2.43 bits per heavy atom. The van der Waals surface area contributed by atoms with Gasteiger partial charge in [0.25, 0.3) is 0 Å². The second-order valence-electron chi connectivity index (χ2n) is 7.01. The highest BCUT2D eigenvalue weighted by molar-refractivity contribution is 5.42. The second kappa shape index (κ2) is 4.91. The lowest BCUT2D eigenvalue weighted by Crippen LogP contribution is -2.26. The third kappa shape index (κ3) is 2.05. The van der Waals surface area contributed by atoms with Crippen LogP contribution in [0.5, 0.6) is 11.5 Å². The summed E-state index contributed by atoms with van der Waals surface area (Å²) in [5, 5.41) is 3.86. The Kier molecular flexibility index (Phi) is 3.14. The number of methoxy groups -OCH3 is 2. The zero-order chi connectivity index (χ0) is 14.6. The third-order valence-electron chi connectivity index (χ3n) is 6.08. The highest BCUT2D eigenvalue weighted by atomic mass is 16.5. The van der Waals surface area contributed by atoms with Gasteiger partial charge in [0.1, 0.15) is 11.5 Å². The van der Waals surface area contributed by atoms with Crippen molar-refractivity contribution in [3.8, 4) is 11.5 Å². The standard InChI is InChI=1S/C18H25NO2/c1-10(14-7-6-13(20-2)9-15(14)21-3)19-18-16-11-4-5-12(8-11)17(16)18/h6-7,9-12,16-19H,4-5,8H2,1-3H3. The Labute approximate surface area is 127 Å². The predicted octanol–water partition coefficient (Wildman–Crippen LogP) is 3.40. The van der Waals surface area contributed by atoms with Gasteiger partial charge in [0, 0.05) is 23.7 Å². The van der Waals surface area contributed by atoms with Crippen molar-refractivity contribution in [3.05, 3.63) is 23.8 Å². The quantitative estimate of drug-likeness (QED) is 0.900. The molecule has 0 spiro atoms. The summed E-state index contributed by atoms with van der Waals surface area (Å²) in [5.41, 5.74) is 1.23. The summed E-state index contributed by atoms with van der Waals surface area (Å²) in [6.45, 7) is 2.25. The molecule has 3 aliphatic carbocycles. The molecule has 1 aromatic rings. The summed E-state index contributed by atoms with van der Waals surface area (Å²) in [5.74, 6) is 5.74. The molecule has 3 saturated carbocycles. The monoisotopic (exact) mass is 287 g/mol. The Morgan fingerprint density at radius 1 is 1.10 bits per heavy atom. The van der Waals surface area contributed by atoms with Gasteiger partial charge in [0.05, 0.1) is 14.2 Å². The molecule has 0 aromatic heterocycles. The number of rotatable bonds is 5. The zero-order valence-electron chi connectivity index (χ0n) is 13.1. The maximum Gasteiger partial charge on any atom is 0.127 e. The zero-order valence-corrected chi connectivity index (χ0v) is 13.1. The van der Waals surface area contributed by atoms with Crippen molar-refractivity contribution >= 4 is 0 Å². The van der Waals surface area contributed by atoms with E-state index < -0.39 is 0 Å². The van der Waals surface area contributed by atoms with E-state index in [0.717, 1.165) is 41.2 Å². The van der Waals surface area contributed by atoms with Crippen LogP contribution in [0, 0.1) is 23.7 Å². The van der Waals surface area contributed by atoms with Gasteiger partial charge in [-0.05, 0) is 55.9 Å². The summed E-state index contributed by atoms with van der Waals surface area (Å²) < 4.78 is 10.8. The fourth-order valence-electron chi connectivity index (χ4n) is 5.10. The van der Waals surface area contributed by atoms with Crippen molar-refractivity contribution in [1.82, 2.24) is 5.32 Å². The van der Waals surface area contributed by atoms with Gasteiger partial charge in [-0.15, -0.1) is 0 Å². The molecule has 2 bridgehead atoms. The van der Waals surface area contributed by atoms with Crippen molar-refractivity contribution in [2.75, 3.05) is 14.2 Å². The van der Waals surface area contributed by atoms with Gasteiger partial charge in [0.15, 0.2) is 0 Å². The largest absolute Gasteiger partial charge is 0.497 e. The first-order valence-corrected chi connectivity index (χ1v) is 8.21. The molecule has 0 radical (unpaired) electrons. The highest BCUT2D eigenvalue weighted by Gasteiger charge is 2.64. The SMILES string of the molecule is COc1ccc(C(C)NC2C3C4CCC(C4)C23)c(OC)c1. The molecule has 1 N–H and O–H groups in total. The Bertz CT molecular complexity index is 528. The minimum absolute atomic E-state index is 0.334. The van der Waals surface area contributed by atoms with E-state index in [1.807, 2.05) is 12.1 Å². The first-order chi connectivity index (χ1) is 10.2. The van der Waals surface area contributed by atoms with Gasteiger partial charge < -0.3 is 14.8 Å². The molecular weight excluding hydrogens is 262 g/mol. The minimum Gasteiger partial charge on any atom is -0.497 e. The first-order valence-electron chi connectivity index (χ1n) is 8.21. The van der Waals surface area contributed by atoms with Gasteiger partial charge in [-0.25, -0.2) is 0 Å². The van der Waals surface area contributed by atoms with E-state index in [9.17, 15) is 0 Å². The molecule has 3 nitrogen and oxygen atoms in total. The maximum atomic E-state index is 5.54. The molecule has 4 rings (SSSR count). The van der Waals surface area contributed by atoms with E-state index >= 15 is 0 Å². The van der Waals surface area contributed by atoms with Crippen LogP contribution in [0.1, 0.15) is 37.8 Å². The summed E-state index contributed by atoms with van der Waals surface area (Å²) in [6.07, 6.45) is 4.46. The lowest BCUT2D eigenvalue weighted by molar-refractivity contribution is 0.380. The van der Waals surface area contributed by atoms with Crippen LogP contribution in [-0.4, -0.2) is 20.3 Å². The number of hydrogen-bond donors (Lipinski definition) is 1. The predicted molar refractivity (Wildman–Crippen MR) is 82.7 cm³/mol. The lowest BCUT2D eigenvalue weighted by atomic mass is 10.0. The van der Waals surface area contributed by atoms with Crippen LogP contribution in [0.15, 0.2) is 18.2 Å². The molecule has 0 amide bonds. The van der Waals surface area contributed by atoms with E-state index in [4.69, 9.17) is 9.47 Å². The van der Waals surface area contributed by atoms with Gasteiger partial charge in [-0.2, -0.15) is 0 Å². The molecule has 21 heavy (non-hydrogen) atoms. The number of nitrogens with one attached hydrogen (secondary N) is 1. The average molecular weight is 287 g/mol. The number of ether oxygens (including phenoxy) is 2. The molecule has 1 aromatic carbocycles. The van der Waals surface area contributed by atoms with Gasteiger partial charge >= 0.3 is 0 Å². The van der Waals surface area contributed by atoms with E-state index in [1.54, 1.807) is 14.2 Å². The molecule has 0 saturated heterocycles. The fourth-order valence-corrected chi connectivity index (χ4v) is 5.10. The third-order valence-corrected chi connectivity index (χ3v) is 6.08. The number of benzene rings is 1. The highest BCUT2D eigenvalue weighted by Crippen LogP contribution is 2.65. The van der Waals surface area contributed by atoms with Crippen LogP contribution in [0.2, 0.25) is 0 Å². The fraction of sp³-hybridized carbons (Fsp3) is 0.667. The second-order valence-corrected chi connectivity index (χ2v) is 7.01. The van der Waals surface area contributed by atoms with Gasteiger partial charge in [-0.3, -0.25) is 0 Å². The smallest absolute Gasteiger partial charge is 0.127 e. The number of fused-ring (bicyclic) bond motifs is 5. The van der Waals surface area contributed by atoms with Crippen LogP contribution in [0.25, 0.3) is 0 Å². The van der Waals surface area contributed by atoms with Crippen LogP contribution >= 0.6 is 0 Å². The van der Waals surface area contributed by atoms with Crippen LogP contribution < -0.4 is 14.8 Å². The molecule has 5 atom stereocenters. The average Bonchev–Trinajstić information content (AvgIpc) is 2.90. The Hall–Kier alpha value is -1.22. The van der Waals surface area contributed by atoms with E-state index in [-0.39, 0.29) is 0 Å². The molecule has 3 aliphatic rings. The molecule has 5 unspecified atom stereocenters. The van der Waals surface area contributed by atoms with Gasteiger partial charge in [0.2, 0.25) is 0 Å². The topological polar surface area (TPSA) is 30.5 Å². The normalized spacial score (nSPS) is 37.2. The van der Waals surface area contributed by atoms with Crippen molar-refractivity contribution in [3.63, 3.8) is 0 Å². The molecular formula is C18H25NO2. The minimum atomic E-state index is 0.334. The molecule has 0 aliphatic heterocycles. The van der Waals surface area contributed by atoms with Crippen LogP contribution in [0.3, 0.4) is 0 Å². The van der Waals surface area contributed by atoms with Crippen LogP contribution in [0.4, 0.5) is 0 Å². The van der Waals surface area contributed by atoms with Crippen molar-refractivity contribution in [1.29, 1.82) is 0 Å². The summed E-state index contributed by atoms with van der Waals surface area (Å²) >= 11 is 0. The van der Waals surface area contributed by atoms with E-state index in [1.165, 1.54) is 24.8 Å². The first kappa shape index (κ1) is 13.4. The lowest BCUT2D eigenvalue weighted by Gasteiger charge is -2.20. The maximum absolute atomic E-state index is 5.54. The molecule has 3 heteroatoms. The van der Waals surface area contributed by atoms with Crippen molar-refractivity contribution in [2.24, 2.45) is 23.7 Å². The summed E-state index contributed by atoms with van der Waals surface area (Å²) in [4.78, 5) is 0. The summed E-state index contributed by atoms with van der Waals surface area (Å²) in [7, 11) is 3.42. The van der Waals surface area contributed by atoms with Gasteiger partial charge in [-0.1, -0.05) is 6.07 Å². The molecule has 0 heterocycles. The van der Waals surface area contributed by atoms with E-state index in [0.29, 0.717) is 6.04 Å². The van der Waals surface area contributed by atoms with Crippen LogP contribution in [-0.2, 0) is 0 Å². The van der Waals surface area contributed by atoms with Crippen molar-refractivity contribution in [2.45, 2.75) is 38.3 Å². The van der Waals surface area contributed by atoms with E-state index in [2.05, 4.69) is 18.3 Å². The number of hydrogen-bond acceptors (Lipinski definition) is 3. The molecule has 3 fully saturated rings. The molecule has 114 valence electrons. The summed E-state index contributed by atoms with van der Waals surface area (Å²) in [6, 6.07) is 7.21. The van der Waals surface area contributed by atoms with Crippen molar-refractivity contribution < 1.29 is 9.47 Å². The Morgan fingerprint density at radius 2 is 1.81 bits per heavy atom.